The number of hydrogen-bond acceptors (Lipinski definition) is 2. The van der Waals surface area contributed by atoms with Crippen LogP contribution in [0.5, 0.6) is 0 Å². The molecule has 0 amide bonds. The zero-order valence-corrected chi connectivity index (χ0v) is 12.9. The molecule has 0 atom stereocenters. The zero-order chi connectivity index (χ0) is 12.8. The minimum absolute atomic E-state index is 0.759. The second-order valence-electron chi connectivity index (χ2n) is 3.26. The van der Waals surface area contributed by atoms with Gasteiger partial charge in [0, 0.05) is 22.0 Å². The Hall–Kier alpha value is -0.860. The molecule has 0 N–H and O–H groups in total. The molecular formula is C12H13Br2N3. The van der Waals surface area contributed by atoms with Crippen molar-refractivity contribution >= 4 is 37.5 Å². The van der Waals surface area contributed by atoms with Crippen LogP contribution in [0.25, 0.3) is 0 Å². The first-order chi connectivity index (χ1) is 8.12. The van der Waals surface area contributed by atoms with Crippen LogP contribution in [0.2, 0.25) is 0 Å². The highest BCUT2D eigenvalue weighted by molar-refractivity contribution is 9.11. The third-order valence-corrected chi connectivity index (χ3v) is 3.44. The fraction of sp³-hybridized carbons (Fsp3) is 0.333. The Morgan fingerprint density at radius 3 is 2.18 bits per heavy atom. The van der Waals surface area contributed by atoms with Gasteiger partial charge in [-0.15, -0.1) is 11.5 Å². The van der Waals surface area contributed by atoms with Crippen molar-refractivity contribution in [2.75, 3.05) is 13.1 Å². The Morgan fingerprint density at radius 2 is 1.76 bits per heavy atom. The average Bonchev–Trinajstić information content (AvgIpc) is 2.30. The largest absolute Gasteiger partial charge is 0.279 e. The van der Waals surface area contributed by atoms with Gasteiger partial charge in [-0.05, 0) is 57.8 Å². The van der Waals surface area contributed by atoms with Crippen LogP contribution in [0.15, 0.2) is 31.4 Å². The first-order valence-electron chi connectivity index (χ1n) is 5.24. The van der Waals surface area contributed by atoms with Gasteiger partial charge in [0.05, 0.1) is 11.3 Å². The van der Waals surface area contributed by atoms with Gasteiger partial charge in [-0.25, -0.2) is 0 Å². The van der Waals surface area contributed by atoms with Gasteiger partial charge in [0.15, 0.2) is 0 Å². The molecule has 1 aromatic carbocycles. The Kier molecular flexibility index (Phi) is 5.66. The molecular weight excluding hydrogens is 346 g/mol. The standard InChI is InChI=1S/C12H13Br2N3/c1-4-10-11(13)7-9(8-12(10)14)15-16-17(5-2)6-3/h1,7-8H,5-6H2,2-3H3. The highest BCUT2D eigenvalue weighted by Crippen LogP contribution is 2.30. The predicted molar refractivity (Wildman–Crippen MR) is 77.2 cm³/mol. The Morgan fingerprint density at radius 1 is 1.24 bits per heavy atom. The van der Waals surface area contributed by atoms with Crippen molar-refractivity contribution in [3.05, 3.63) is 26.6 Å². The summed E-state index contributed by atoms with van der Waals surface area (Å²) in [4.78, 5) is 0. The molecule has 90 valence electrons. The zero-order valence-electron chi connectivity index (χ0n) is 9.74. The van der Waals surface area contributed by atoms with Gasteiger partial charge in [-0.2, -0.15) is 0 Å². The van der Waals surface area contributed by atoms with E-state index in [0.29, 0.717) is 0 Å². The van der Waals surface area contributed by atoms with Crippen molar-refractivity contribution in [2.24, 2.45) is 10.3 Å². The smallest absolute Gasteiger partial charge is 0.0897 e. The quantitative estimate of drug-likeness (QED) is 0.441. The van der Waals surface area contributed by atoms with Gasteiger partial charge in [0.25, 0.3) is 0 Å². The van der Waals surface area contributed by atoms with Crippen LogP contribution in [0.3, 0.4) is 0 Å². The van der Waals surface area contributed by atoms with Gasteiger partial charge in [-0.3, -0.25) is 5.01 Å². The topological polar surface area (TPSA) is 28.0 Å². The number of halogens is 2. The number of nitrogens with zero attached hydrogens (tertiary/aromatic N) is 3. The van der Waals surface area contributed by atoms with Crippen LogP contribution in [0.4, 0.5) is 5.69 Å². The molecule has 1 rings (SSSR count). The summed E-state index contributed by atoms with van der Waals surface area (Å²) in [6.45, 7) is 5.75. The van der Waals surface area contributed by atoms with Crippen LogP contribution < -0.4 is 0 Å². The number of terminal acetylenes is 1. The number of rotatable bonds is 4. The van der Waals surface area contributed by atoms with Crippen LogP contribution in [0, 0.1) is 12.3 Å². The van der Waals surface area contributed by atoms with Gasteiger partial charge in [-0.1, -0.05) is 11.1 Å². The molecule has 5 heteroatoms. The summed E-state index contributed by atoms with van der Waals surface area (Å²) in [6.07, 6.45) is 5.39. The van der Waals surface area contributed by atoms with E-state index in [1.165, 1.54) is 0 Å². The molecule has 3 nitrogen and oxygen atoms in total. The molecule has 0 aliphatic heterocycles. The van der Waals surface area contributed by atoms with Gasteiger partial charge < -0.3 is 0 Å². The molecule has 0 bridgehead atoms. The van der Waals surface area contributed by atoms with Gasteiger partial charge in [0.2, 0.25) is 0 Å². The van der Waals surface area contributed by atoms with Crippen LogP contribution in [-0.2, 0) is 0 Å². The second-order valence-corrected chi connectivity index (χ2v) is 4.97. The Balaban J connectivity index is 2.98. The first kappa shape index (κ1) is 14.2. The normalized spacial score (nSPS) is 10.5. The lowest BCUT2D eigenvalue weighted by atomic mass is 10.2. The summed E-state index contributed by atoms with van der Waals surface area (Å²) in [5, 5.41) is 10.2. The second kappa shape index (κ2) is 6.77. The third kappa shape index (κ3) is 3.83. The van der Waals surface area contributed by atoms with E-state index in [1.54, 1.807) is 0 Å². The van der Waals surface area contributed by atoms with E-state index in [1.807, 2.05) is 31.0 Å². The monoisotopic (exact) mass is 357 g/mol. The highest BCUT2D eigenvalue weighted by Gasteiger charge is 2.05. The summed E-state index contributed by atoms with van der Waals surface area (Å²) < 4.78 is 1.67. The van der Waals surface area contributed by atoms with Crippen molar-refractivity contribution in [2.45, 2.75) is 13.8 Å². The fourth-order valence-electron chi connectivity index (χ4n) is 1.22. The maximum absolute atomic E-state index is 5.39. The van der Waals surface area contributed by atoms with Crippen molar-refractivity contribution in [1.29, 1.82) is 0 Å². The van der Waals surface area contributed by atoms with Crippen LogP contribution in [-0.4, -0.2) is 18.1 Å². The number of benzene rings is 1. The molecule has 0 radical (unpaired) electrons. The molecule has 0 unspecified atom stereocenters. The minimum atomic E-state index is 0.759. The summed E-state index contributed by atoms with van der Waals surface area (Å²) in [6, 6.07) is 3.71. The third-order valence-electron chi connectivity index (χ3n) is 2.19. The summed E-state index contributed by atoms with van der Waals surface area (Å²) in [7, 11) is 0. The molecule has 0 aliphatic rings. The molecule has 0 saturated heterocycles. The van der Waals surface area contributed by atoms with E-state index in [2.05, 4.69) is 48.1 Å². The molecule has 17 heavy (non-hydrogen) atoms. The molecule has 1 aromatic rings. The lowest BCUT2D eigenvalue weighted by molar-refractivity contribution is 0.300. The van der Waals surface area contributed by atoms with Crippen LogP contribution in [0.1, 0.15) is 19.4 Å². The first-order valence-corrected chi connectivity index (χ1v) is 6.83. The van der Waals surface area contributed by atoms with E-state index in [9.17, 15) is 0 Å². The van der Waals surface area contributed by atoms with Crippen LogP contribution >= 0.6 is 31.9 Å². The molecule has 0 saturated carbocycles. The Labute approximate surface area is 119 Å². The van der Waals surface area contributed by atoms with E-state index in [4.69, 9.17) is 6.42 Å². The lowest BCUT2D eigenvalue weighted by Crippen LogP contribution is -2.14. The van der Waals surface area contributed by atoms with E-state index < -0.39 is 0 Å². The highest BCUT2D eigenvalue weighted by atomic mass is 79.9. The predicted octanol–water partition coefficient (Wildman–Crippen LogP) is 4.53. The van der Waals surface area contributed by atoms with E-state index in [-0.39, 0.29) is 0 Å². The molecule has 0 aliphatic carbocycles. The minimum Gasteiger partial charge on any atom is -0.279 e. The van der Waals surface area contributed by atoms with E-state index >= 15 is 0 Å². The average molecular weight is 359 g/mol. The number of hydrogen-bond donors (Lipinski definition) is 0. The molecule has 0 fully saturated rings. The summed E-state index contributed by atoms with van der Waals surface area (Å²) >= 11 is 6.82. The van der Waals surface area contributed by atoms with E-state index in [0.717, 1.165) is 33.3 Å². The SMILES string of the molecule is C#Cc1c(Br)cc(N=NN(CC)CC)cc1Br. The van der Waals surface area contributed by atoms with Gasteiger partial charge in [0.1, 0.15) is 0 Å². The molecule has 0 heterocycles. The van der Waals surface area contributed by atoms with Crippen molar-refractivity contribution in [3.63, 3.8) is 0 Å². The fourth-order valence-corrected chi connectivity index (χ4v) is 2.61. The van der Waals surface area contributed by atoms with Crippen molar-refractivity contribution in [1.82, 2.24) is 5.01 Å². The van der Waals surface area contributed by atoms with Gasteiger partial charge >= 0.3 is 0 Å². The van der Waals surface area contributed by atoms with Crippen molar-refractivity contribution < 1.29 is 0 Å². The van der Waals surface area contributed by atoms with Crippen molar-refractivity contribution in [3.8, 4) is 12.3 Å². The molecule has 0 spiro atoms. The maximum Gasteiger partial charge on any atom is 0.0897 e. The summed E-state index contributed by atoms with van der Waals surface area (Å²) in [5.74, 6) is 2.60. The maximum atomic E-state index is 5.39. The lowest BCUT2D eigenvalue weighted by Gasteiger charge is -2.11. The molecule has 0 aromatic heterocycles. The Bertz CT molecular complexity index is 436. The summed E-state index contributed by atoms with van der Waals surface area (Å²) in [5.41, 5.74) is 1.54.